The third-order valence-electron chi connectivity index (χ3n) is 5.16. The molecule has 1 aliphatic rings. The predicted molar refractivity (Wildman–Crippen MR) is 117 cm³/mol. The van der Waals surface area contributed by atoms with E-state index in [1.165, 1.54) is 29.4 Å². The van der Waals surface area contributed by atoms with Gasteiger partial charge in [0, 0.05) is 5.56 Å². The van der Waals surface area contributed by atoms with Gasteiger partial charge in [-0.05, 0) is 55.0 Å². The number of carbonyl (C=O) groups is 2. The van der Waals surface area contributed by atoms with Crippen LogP contribution < -0.4 is 4.74 Å². The summed E-state index contributed by atoms with van der Waals surface area (Å²) in [7, 11) is 0. The number of likely N-dealkylation sites (tertiary alicyclic amines) is 1. The van der Waals surface area contributed by atoms with Gasteiger partial charge in [0.1, 0.15) is 23.0 Å². The number of aliphatic hydroxyl groups excluding tert-OH is 1. The fourth-order valence-corrected chi connectivity index (χ4v) is 3.91. The zero-order chi connectivity index (χ0) is 22.8. The standard InChI is InChI=1S/C24H20ClNO6/c1-2-31-16-9-10-19(25)18(12-16)22(28)20-21(14-5-7-15(27)8-6-14)26(24(30)23(20)29)13-17-4-3-11-32-17/h3-12,21,27-28H,2,13H2,1H3/b22-20+. The molecular formula is C24H20ClNO6. The number of hydrogen-bond acceptors (Lipinski definition) is 6. The van der Waals surface area contributed by atoms with Crippen LogP contribution in [0, 0.1) is 0 Å². The van der Waals surface area contributed by atoms with Crippen LogP contribution >= 0.6 is 11.6 Å². The lowest BCUT2D eigenvalue weighted by molar-refractivity contribution is -0.140. The minimum atomic E-state index is -0.910. The van der Waals surface area contributed by atoms with Gasteiger partial charge in [-0.1, -0.05) is 23.7 Å². The molecular weight excluding hydrogens is 434 g/mol. The molecule has 2 N–H and O–H groups in total. The van der Waals surface area contributed by atoms with E-state index in [1.807, 2.05) is 6.92 Å². The van der Waals surface area contributed by atoms with E-state index in [9.17, 15) is 19.8 Å². The molecule has 0 saturated carbocycles. The Hall–Kier alpha value is -3.71. The molecule has 0 bridgehead atoms. The summed E-state index contributed by atoms with van der Waals surface area (Å²) in [5.74, 6) is -1.06. The summed E-state index contributed by atoms with van der Waals surface area (Å²) in [6, 6.07) is 13.3. The maximum Gasteiger partial charge on any atom is 0.296 e. The molecule has 8 heteroatoms. The Kier molecular flexibility index (Phi) is 5.92. The van der Waals surface area contributed by atoms with Gasteiger partial charge in [0.15, 0.2) is 0 Å². The van der Waals surface area contributed by atoms with Crippen LogP contribution in [0.3, 0.4) is 0 Å². The lowest BCUT2D eigenvalue weighted by atomic mass is 9.95. The van der Waals surface area contributed by atoms with Crippen molar-refractivity contribution in [2.75, 3.05) is 6.61 Å². The number of halogens is 1. The summed E-state index contributed by atoms with van der Waals surface area (Å²) in [4.78, 5) is 27.4. The first-order valence-corrected chi connectivity index (χ1v) is 10.3. The molecule has 0 radical (unpaired) electrons. The molecule has 2 heterocycles. The molecule has 1 aromatic heterocycles. The van der Waals surface area contributed by atoms with E-state index in [-0.39, 0.29) is 28.5 Å². The van der Waals surface area contributed by atoms with Gasteiger partial charge in [0.2, 0.25) is 0 Å². The number of benzene rings is 2. The smallest absolute Gasteiger partial charge is 0.296 e. The molecule has 1 amide bonds. The van der Waals surface area contributed by atoms with Gasteiger partial charge in [-0.25, -0.2) is 0 Å². The van der Waals surface area contributed by atoms with E-state index in [0.29, 0.717) is 23.7 Å². The monoisotopic (exact) mass is 453 g/mol. The van der Waals surface area contributed by atoms with Crippen LogP contribution in [-0.4, -0.2) is 33.4 Å². The van der Waals surface area contributed by atoms with Crippen molar-refractivity contribution in [1.82, 2.24) is 4.90 Å². The normalized spacial score (nSPS) is 17.7. The predicted octanol–water partition coefficient (Wildman–Crippen LogP) is 4.66. The van der Waals surface area contributed by atoms with Crippen molar-refractivity contribution < 1.29 is 29.0 Å². The lowest BCUT2D eigenvalue weighted by Crippen LogP contribution is -2.29. The van der Waals surface area contributed by atoms with E-state index in [4.69, 9.17) is 20.8 Å². The molecule has 1 fully saturated rings. The maximum absolute atomic E-state index is 13.1. The second-order valence-corrected chi connectivity index (χ2v) is 7.58. The summed E-state index contributed by atoms with van der Waals surface area (Å²) >= 11 is 6.31. The zero-order valence-corrected chi connectivity index (χ0v) is 17.9. The van der Waals surface area contributed by atoms with E-state index in [2.05, 4.69) is 0 Å². The average Bonchev–Trinajstić information content (AvgIpc) is 3.38. The van der Waals surface area contributed by atoms with Crippen molar-refractivity contribution in [2.45, 2.75) is 19.5 Å². The Balaban J connectivity index is 1.88. The quantitative estimate of drug-likeness (QED) is 0.320. The van der Waals surface area contributed by atoms with Gasteiger partial charge in [-0.3, -0.25) is 9.59 Å². The van der Waals surface area contributed by atoms with Crippen LogP contribution in [0.2, 0.25) is 5.02 Å². The Morgan fingerprint density at radius 3 is 2.56 bits per heavy atom. The molecule has 32 heavy (non-hydrogen) atoms. The van der Waals surface area contributed by atoms with Crippen molar-refractivity contribution >= 4 is 29.1 Å². The van der Waals surface area contributed by atoms with E-state index in [1.54, 1.807) is 36.4 Å². The number of aliphatic hydroxyl groups is 1. The number of nitrogens with zero attached hydrogens (tertiary/aromatic N) is 1. The first-order valence-electron chi connectivity index (χ1n) is 9.93. The number of furan rings is 1. The van der Waals surface area contributed by atoms with Crippen LogP contribution in [0.1, 0.15) is 29.9 Å². The Morgan fingerprint density at radius 2 is 1.91 bits per heavy atom. The minimum Gasteiger partial charge on any atom is -0.508 e. The van der Waals surface area contributed by atoms with Gasteiger partial charge in [0.25, 0.3) is 11.7 Å². The summed E-state index contributed by atoms with van der Waals surface area (Å²) in [6.45, 7) is 2.24. The van der Waals surface area contributed by atoms with Crippen LogP contribution in [0.15, 0.2) is 70.9 Å². The van der Waals surface area contributed by atoms with E-state index >= 15 is 0 Å². The Bertz CT molecular complexity index is 1180. The molecule has 4 rings (SSSR count). The Morgan fingerprint density at radius 1 is 1.16 bits per heavy atom. The third kappa shape index (κ3) is 3.94. The first-order chi connectivity index (χ1) is 15.4. The van der Waals surface area contributed by atoms with Crippen molar-refractivity contribution in [2.24, 2.45) is 0 Å². The highest BCUT2D eigenvalue weighted by molar-refractivity contribution is 6.47. The fraction of sp³-hybridized carbons (Fsp3) is 0.167. The molecule has 1 unspecified atom stereocenters. The summed E-state index contributed by atoms with van der Waals surface area (Å²) in [5.41, 5.74) is 0.604. The van der Waals surface area contributed by atoms with Gasteiger partial charge < -0.3 is 24.3 Å². The minimum absolute atomic E-state index is 0.0205. The van der Waals surface area contributed by atoms with Crippen molar-refractivity contribution in [3.05, 3.63) is 88.3 Å². The second kappa shape index (κ2) is 8.80. The molecule has 1 saturated heterocycles. The molecule has 3 aromatic rings. The van der Waals surface area contributed by atoms with Gasteiger partial charge >= 0.3 is 0 Å². The molecule has 1 atom stereocenters. The van der Waals surface area contributed by atoms with Crippen LogP contribution in [-0.2, 0) is 16.1 Å². The van der Waals surface area contributed by atoms with E-state index < -0.39 is 23.5 Å². The molecule has 7 nitrogen and oxygen atoms in total. The van der Waals surface area contributed by atoms with Gasteiger partial charge in [-0.2, -0.15) is 0 Å². The largest absolute Gasteiger partial charge is 0.508 e. The topological polar surface area (TPSA) is 100 Å². The van der Waals surface area contributed by atoms with Crippen molar-refractivity contribution in [1.29, 1.82) is 0 Å². The van der Waals surface area contributed by atoms with Gasteiger partial charge in [-0.15, -0.1) is 0 Å². The zero-order valence-electron chi connectivity index (χ0n) is 17.1. The number of phenols is 1. The first kappa shape index (κ1) is 21.5. The molecule has 0 aliphatic carbocycles. The number of ether oxygens (including phenoxy) is 1. The fourth-order valence-electron chi connectivity index (χ4n) is 3.70. The molecule has 0 spiro atoms. The summed E-state index contributed by atoms with van der Waals surface area (Å²) < 4.78 is 10.8. The number of hydrogen-bond donors (Lipinski definition) is 2. The highest BCUT2D eigenvalue weighted by Gasteiger charge is 2.46. The number of phenolic OH excluding ortho intramolecular Hbond substituents is 1. The van der Waals surface area contributed by atoms with Crippen LogP contribution in [0.4, 0.5) is 0 Å². The van der Waals surface area contributed by atoms with Gasteiger partial charge in [0.05, 0.1) is 36.1 Å². The van der Waals surface area contributed by atoms with Crippen molar-refractivity contribution in [3.63, 3.8) is 0 Å². The van der Waals surface area contributed by atoms with E-state index in [0.717, 1.165) is 0 Å². The van der Waals surface area contributed by atoms with Crippen LogP contribution in [0.25, 0.3) is 5.76 Å². The summed E-state index contributed by atoms with van der Waals surface area (Å²) in [5, 5.41) is 21.1. The number of ketones is 1. The lowest BCUT2D eigenvalue weighted by Gasteiger charge is -2.24. The third-order valence-corrected chi connectivity index (χ3v) is 5.49. The molecule has 2 aromatic carbocycles. The molecule has 1 aliphatic heterocycles. The summed E-state index contributed by atoms with van der Waals surface area (Å²) in [6.07, 6.45) is 1.47. The average molecular weight is 454 g/mol. The number of Topliss-reactive ketones (excluding diaryl/α,β-unsaturated/α-hetero) is 1. The number of rotatable bonds is 6. The Labute approximate surface area is 189 Å². The number of aromatic hydroxyl groups is 1. The van der Waals surface area contributed by atoms with Crippen LogP contribution in [0.5, 0.6) is 11.5 Å². The highest BCUT2D eigenvalue weighted by atomic mass is 35.5. The SMILES string of the molecule is CCOc1ccc(Cl)c(/C(O)=C2\C(=O)C(=O)N(Cc3ccco3)C2c2ccc(O)cc2)c1. The second-order valence-electron chi connectivity index (χ2n) is 7.17. The number of amides is 1. The number of carbonyl (C=O) groups excluding carboxylic acids is 2. The highest BCUT2D eigenvalue weighted by Crippen LogP contribution is 2.42. The maximum atomic E-state index is 13.1. The molecule has 164 valence electrons. The van der Waals surface area contributed by atoms with Crippen molar-refractivity contribution in [3.8, 4) is 11.5 Å².